The van der Waals surface area contributed by atoms with Crippen molar-refractivity contribution < 1.29 is 14.7 Å². The van der Waals surface area contributed by atoms with Crippen LogP contribution in [0.1, 0.15) is 25.7 Å². The van der Waals surface area contributed by atoms with Crippen molar-refractivity contribution in [2.75, 3.05) is 51.3 Å². The van der Waals surface area contributed by atoms with Gasteiger partial charge in [-0.1, -0.05) is 6.42 Å². The molecule has 1 aliphatic heterocycles. The maximum absolute atomic E-state index is 12.0. The standard InChI is InChI=1S/C14H27N3O3S/c1-21-12-4-2-3-6-15-14(20)17-10-8-16(9-11-17)7-5-13(18)19/h2-12H2,1H3,(H,15,20)(H,18,19). The first-order valence-corrected chi connectivity index (χ1v) is 8.98. The van der Waals surface area contributed by atoms with E-state index in [9.17, 15) is 9.59 Å². The molecular formula is C14H27N3O3S. The third-order valence-electron chi connectivity index (χ3n) is 3.60. The van der Waals surface area contributed by atoms with Crippen LogP contribution in [-0.2, 0) is 4.79 Å². The molecule has 0 spiro atoms. The molecule has 0 aromatic rings. The Morgan fingerprint density at radius 2 is 1.86 bits per heavy atom. The molecule has 1 aliphatic rings. The Morgan fingerprint density at radius 1 is 1.14 bits per heavy atom. The number of hydrogen-bond acceptors (Lipinski definition) is 4. The number of piperazine rings is 1. The third-order valence-corrected chi connectivity index (χ3v) is 4.30. The molecule has 2 amide bonds. The van der Waals surface area contributed by atoms with E-state index in [1.807, 2.05) is 16.7 Å². The minimum absolute atomic E-state index is 0.0118. The fourth-order valence-corrected chi connectivity index (χ4v) is 2.78. The number of amides is 2. The largest absolute Gasteiger partial charge is 0.481 e. The van der Waals surface area contributed by atoms with Gasteiger partial charge in [0.1, 0.15) is 0 Å². The first-order valence-electron chi connectivity index (χ1n) is 7.59. The van der Waals surface area contributed by atoms with Crippen molar-refractivity contribution in [2.45, 2.75) is 25.7 Å². The number of carbonyl (C=O) groups is 2. The molecule has 1 rings (SSSR count). The van der Waals surface area contributed by atoms with Crippen LogP contribution in [0.3, 0.4) is 0 Å². The van der Waals surface area contributed by atoms with Gasteiger partial charge in [0, 0.05) is 39.3 Å². The number of rotatable bonds is 9. The van der Waals surface area contributed by atoms with E-state index in [4.69, 9.17) is 5.11 Å². The molecule has 21 heavy (non-hydrogen) atoms. The number of urea groups is 1. The van der Waals surface area contributed by atoms with E-state index in [2.05, 4.69) is 16.5 Å². The second-order valence-electron chi connectivity index (χ2n) is 5.26. The first-order chi connectivity index (χ1) is 10.1. The molecule has 0 radical (unpaired) electrons. The second-order valence-corrected chi connectivity index (χ2v) is 6.24. The molecular weight excluding hydrogens is 290 g/mol. The minimum Gasteiger partial charge on any atom is -0.481 e. The monoisotopic (exact) mass is 317 g/mol. The van der Waals surface area contributed by atoms with Crippen LogP contribution in [0.25, 0.3) is 0 Å². The highest BCUT2D eigenvalue weighted by atomic mass is 32.2. The normalized spacial score (nSPS) is 16.0. The lowest BCUT2D eigenvalue weighted by Crippen LogP contribution is -2.52. The van der Waals surface area contributed by atoms with Crippen molar-refractivity contribution in [3.05, 3.63) is 0 Å². The quantitative estimate of drug-likeness (QED) is 0.628. The van der Waals surface area contributed by atoms with Gasteiger partial charge >= 0.3 is 12.0 Å². The lowest BCUT2D eigenvalue weighted by Gasteiger charge is -2.34. The summed E-state index contributed by atoms with van der Waals surface area (Å²) < 4.78 is 0. The highest BCUT2D eigenvalue weighted by Gasteiger charge is 2.20. The van der Waals surface area contributed by atoms with Crippen LogP contribution in [0.4, 0.5) is 4.79 Å². The molecule has 1 saturated heterocycles. The summed E-state index contributed by atoms with van der Waals surface area (Å²) in [7, 11) is 0. The van der Waals surface area contributed by atoms with Crippen molar-refractivity contribution in [3.8, 4) is 0 Å². The van der Waals surface area contributed by atoms with Gasteiger partial charge in [0.2, 0.25) is 0 Å². The van der Waals surface area contributed by atoms with Crippen LogP contribution in [0, 0.1) is 0 Å². The summed E-state index contributed by atoms with van der Waals surface area (Å²) in [5, 5.41) is 11.6. The average Bonchev–Trinajstić information content (AvgIpc) is 2.49. The van der Waals surface area contributed by atoms with Gasteiger partial charge < -0.3 is 15.3 Å². The summed E-state index contributed by atoms with van der Waals surface area (Å²) in [5.74, 6) is 0.420. The molecule has 7 heteroatoms. The summed E-state index contributed by atoms with van der Waals surface area (Å²) in [5.41, 5.74) is 0. The maximum atomic E-state index is 12.0. The highest BCUT2D eigenvalue weighted by Crippen LogP contribution is 2.04. The topological polar surface area (TPSA) is 72.9 Å². The number of hydrogen-bond donors (Lipinski definition) is 2. The van der Waals surface area contributed by atoms with Gasteiger partial charge in [-0.05, 0) is 24.9 Å². The molecule has 0 aromatic carbocycles. The summed E-state index contributed by atoms with van der Waals surface area (Å²) in [6.07, 6.45) is 5.67. The molecule has 0 unspecified atom stereocenters. The Morgan fingerprint density at radius 3 is 2.48 bits per heavy atom. The van der Waals surface area contributed by atoms with Gasteiger partial charge in [-0.15, -0.1) is 0 Å². The van der Waals surface area contributed by atoms with Gasteiger partial charge in [-0.25, -0.2) is 4.79 Å². The SMILES string of the molecule is CSCCCCCNC(=O)N1CCN(CCC(=O)O)CC1. The summed E-state index contributed by atoms with van der Waals surface area (Å²) in [6.45, 7) is 4.19. The van der Waals surface area contributed by atoms with Crippen molar-refractivity contribution in [3.63, 3.8) is 0 Å². The van der Waals surface area contributed by atoms with E-state index in [0.29, 0.717) is 19.6 Å². The van der Waals surface area contributed by atoms with Crippen LogP contribution in [0.2, 0.25) is 0 Å². The van der Waals surface area contributed by atoms with Gasteiger partial charge in [-0.2, -0.15) is 11.8 Å². The Labute approximate surface area is 131 Å². The summed E-state index contributed by atoms with van der Waals surface area (Å²) >= 11 is 1.86. The smallest absolute Gasteiger partial charge is 0.317 e. The van der Waals surface area contributed by atoms with Gasteiger partial charge in [0.15, 0.2) is 0 Å². The zero-order chi connectivity index (χ0) is 15.5. The van der Waals surface area contributed by atoms with Crippen LogP contribution in [0.15, 0.2) is 0 Å². The Kier molecular flexibility index (Phi) is 9.25. The molecule has 0 aliphatic carbocycles. The Hall–Kier alpha value is -0.950. The van der Waals surface area contributed by atoms with Crippen LogP contribution < -0.4 is 5.32 Å². The van der Waals surface area contributed by atoms with E-state index in [1.165, 1.54) is 12.2 Å². The molecule has 0 atom stereocenters. The molecule has 6 nitrogen and oxygen atoms in total. The zero-order valence-corrected chi connectivity index (χ0v) is 13.7. The molecule has 0 bridgehead atoms. The minimum atomic E-state index is -0.767. The van der Waals surface area contributed by atoms with Crippen molar-refractivity contribution in [2.24, 2.45) is 0 Å². The van der Waals surface area contributed by atoms with E-state index in [1.54, 1.807) is 0 Å². The highest BCUT2D eigenvalue weighted by molar-refractivity contribution is 7.98. The summed E-state index contributed by atoms with van der Waals surface area (Å²) in [6, 6.07) is 0.0118. The second kappa shape index (κ2) is 10.7. The number of nitrogens with zero attached hydrogens (tertiary/aromatic N) is 2. The number of thioether (sulfide) groups is 1. The van der Waals surface area contributed by atoms with Gasteiger partial charge in [0.05, 0.1) is 6.42 Å². The van der Waals surface area contributed by atoms with Crippen LogP contribution in [0.5, 0.6) is 0 Å². The Balaban J connectivity index is 2.07. The van der Waals surface area contributed by atoms with Crippen molar-refractivity contribution in [1.82, 2.24) is 15.1 Å². The molecule has 0 aromatic heterocycles. The van der Waals surface area contributed by atoms with Gasteiger partial charge in [-0.3, -0.25) is 9.69 Å². The molecule has 1 heterocycles. The van der Waals surface area contributed by atoms with Crippen molar-refractivity contribution in [1.29, 1.82) is 0 Å². The van der Waals surface area contributed by atoms with Crippen molar-refractivity contribution >= 4 is 23.8 Å². The average molecular weight is 317 g/mol. The van der Waals surface area contributed by atoms with E-state index in [0.717, 1.165) is 32.5 Å². The van der Waals surface area contributed by atoms with E-state index >= 15 is 0 Å². The van der Waals surface area contributed by atoms with E-state index < -0.39 is 5.97 Å². The number of carbonyl (C=O) groups excluding carboxylic acids is 1. The zero-order valence-electron chi connectivity index (χ0n) is 12.8. The fraction of sp³-hybridized carbons (Fsp3) is 0.857. The van der Waals surface area contributed by atoms with E-state index in [-0.39, 0.29) is 12.5 Å². The van der Waals surface area contributed by atoms with Crippen LogP contribution >= 0.6 is 11.8 Å². The number of unbranched alkanes of at least 4 members (excludes halogenated alkanes) is 2. The molecule has 0 saturated carbocycles. The predicted octanol–water partition coefficient (Wildman–Crippen LogP) is 1.32. The predicted molar refractivity (Wildman–Crippen MR) is 85.9 cm³/mol. The molecule has 122 valence electrons. The lowest BCUT2D eigenvalue weighted by atomic mass is 10.2. The maximum Gasteiger partial charge on any atom is 0.317 e. The summed E-state index contributed by atoms with van der Waals surface area (Å²) in [4.78, 5) is 26.4. The number of carboxylic acid groups (broad SMARTS) is 1. The fourth-order valence-electron chi connectivity index (χ4n) is 2.28. The van der Waals surface area contributed by atoms with Gasteiger partial charge in [0.25, 0.3) is 0 Å². The number of aliphatic carboxylic acids is 1. The molecule has 2 N–H and O–H groups in total. The first kappa shape index (κ1) is 18.1. The lowest BCUT2D eigenvalue weighted by molar-refractivity contribution is -0.137. The third kappa shape index (κ3) is 8.16. The molecule has 1 fully saturated rings. The Bertz CT molecular complexity index is 321. The number of nitrogens with one attached hydrogen (secondary N) is 1. The number of carboxylic acids is 1. The van der Waals surface area contributed by atoms with Crippen LogP contribution in [-0.4, -0.2) is 78.2 Å².